The maximum absolute atomic E-state index is 13.7. The molecule has 6 nitrogen and oxygen atoms in total. The van der Waals surface area contributed by atoms with Crippen LogP contribution in [0.25, 0.3) is 0 Å². The van der Waals surface area contributed by atoms with Gasteiger partial charge in [0.05, 0.1) is 18.1 Å². The summed E-state index contributed by atoms with van der Waals surface area (Å²) in [5.41, 5.74) is 6.41. The van der Waals surface area contributed by atoms with Crippen molar-refractivity contribution in [1.82, 2.24) is 9.97 Å². The SMILES string of the molecule is Cc1cc(F)c(S(=O)(=O)Nc2cncnc2)cc1N. The van der Waals surface area contributed by atoms with E-state index in [-0.39, 0.29) is 11.4 Å². The van der Waals surface area contributed by atoms with E-state index in [9.17, 15) is 12.8 Å². The summed E-state index contributed by atoms with van der Waals surface area (Å²) < 4.78 is 39.9. The third kappa shape index (κ3) is 2.79. The summed E-state index contributed by atoms with van der Waals surface area (Å²) in [5, 5.41) is 0. The van der Waals surface area contributed by atoms with Gasteiger partial charge in [-0.3, -0.25) is 4.72 Å². The lowest BCUT2D eigenvalue weighted by Gasteiger charge is -2.10. The molecule has 0 aliphatic carbocycles. The third-order valence-corrected chi connectivity index (χ3v) is 3.82. The van der Waals surface area contributed by atoms with Gasteiger partial charge in [0.2, 0.25) is 0 Å². The summed E-state index contributed by atoms with van der Waals surface area (Å²) in [5.74, 6) is -0.865. The zero-order valence-electron chi connectivity index (χ0n) is 9.96. The molecule has 2 aromatic rings. The molecule has 0 aliphatic rings. The molecule has 0 saturated heterocycles. The number of nitrogens with two attached hydrogens (primary N) is 1. The first kappa shape index (κ1) is 13.2. The van der Waals surface area contributed by atoms with Crippen LogP contribution >= 0.6 is 0 Å². The standard InChI is InChI=1S/C11H11FN4O2S/c1-7-2-9(12)11(3-10(7)13)19(17,18)16-8-4-14-6-15-5-8/h2-6,16H,13H2,1H3. The number of benzene rings is 1. The number of nitrogens with one attached hydrogen (secondary N) is 1. The molecule has 0 fully saturated rings. The van der Waals surface area contributed by atoms with E-state index in [1.54, 1.807) is 6.92 Å². The number of hydrogen-bond acceptors (Lipinski definition) is 5. The molecule has 2 rings (SSSR count). The van der Waals surface area contributed by atoms with Gasteiger partial charge >= 0.3 is 0 Å². The van der Waals surface area contributed by atoms with Crippen molar-refractivity contribution in [3.63, 3.8) is 0 Å². The highest BCUT2D eigenvalue weighted by molar-refractivity contribution is 7.92. The highest BCUT2D eigenvalue weighted by Crippen LogP contribution is 2.23. The van der Waals surface area contributed by atoms with Gasteiger partial charge in [0.25, 0.3) is 10.0 Å². The summed E-state index contributed by atoms with van der Waals surface area (Å²) >= 11 is 0. The molecule has 19 heavy (non-hydrogen) atoms. The number of anilines is 2. The maximum Gasteiger partial charge on any atom is 0.264 e. The molecule has 1 heterocycles. The highest BCUT2D eigenvalue weighted by atomic mass is 32.2. The van der Waals surface area contributed by atoms with Gasteiger partial charge in [0, 0.05) is 5.69 Å². The molecule has 100 valence electrons. The Hall–Kier alpha value is -2.22. The first-order valence-corrected chi connectivity index (χ1v) is 6.72. The molecule has 0 atom stereocenters. The van der Waals surface area contributed by atoms with Gasteiger partial charge in [-0.1, -0.05) is 0 Å². The van der Waals surface area contributed by atoms with Crippen molar-refractivity contribution >= 4 is 21.4 Å². The molecule has 8 heteroatoms. The first-order valence-electron chi connectivity index (χ1n) is 5.23. The van der Waals surface area contributed by atoms with Gasteiger partial charge in [-0.2, -0.15) is 0 Å². The topological polar surface area (TPSA) is 98.0 Å². The molecule has 1 aromatic carbocycles. The van der Waals surface area contributed by atoms with Crippen LogP contribution in [0.4, 0.5) is 15.8 Å². The second-order valence-electron chi connectivity index (χ2n) is 3.87. The van der Waals surface area contributed by atoms with Crippen LogP contribution in [-0.4, -0.2) is 18.4 Å². The van der Waals surface area contributed by atoms with Gasteiger partial charge in [-0.25, -0.2) is 22.8 Å². The lowest BCUT2D eigenvalue weighted by molar-refractivity contribution is 0.570. The van der Waals surface area contributed by atoms with E-state index in [2.05, 4.69) is 14.7 Å². The molecule has 0 amide bonds. The Bertz CT molecular complexity index is 704. The minimum Gasteiger partial charge on any atom is -0.398 e. The van der Waals surface area contributed by atoms with Crippen molar-refractivity contribution in [3.8, 4) is 0 Å². The van der Waals surface area contributed by atoms with E-state index in [4.69, 9.17) is 5.73 Å². The molecule has 0 spiro atoms. The number of nitrogens with zero attached hydrogens (tertiary/aromatic N) is 2. The Labute approximate surface area is 109 Å². The fourth-order valence-electron chi connectivity index (χ4n) is 1.44. The lowest BCUT2D eigenvalue weighted by Crippen LogP contribution is -2.15. The van der Waals surface area contributed by atoms with Crippen LogP contribution in [0.3, 0.4) is 0 Å². The van der Waals surface area contributed by atoms with Gasteiger partial charge < -0.3 is 5.73 Å². The van der Waals surface area contributed by atoms with Crippen LogP contribution in [-0.2, 0) is 10.0 Å². The first-order chi connectivity index (χ1) is 8.90. The highest BCUT2D eigenvalue weighted by Gasteiger charge is 2.20. The van der Waals surface area contributed by atoms with Crippen LogP contribution in [0.2, 0.25) is 0 Å². The van der Waals surface area contributed by atoms with Gasteiger partial charge in [-0.05, 0) is 24.6 Å². The maximum atomic E-state index is 13.7. The predicted molar refractivity (Wildman–Crippen MR) is 68.4 cm³/mol. The van der Waals surface area contributed by atoms with Crippen molar-refractivity contribution in [3.05, 3.63) is 42.2 Å². The fourth-order valence-corrected chi connectivity index (χ4v) is 2.56. The number of halogens is 1. The van der Waals surface area contributed by atoms with E-state index in [0.717, 1.165) is 12.1 Å². The Kier molecular flexibility index (Phi) is 3.34. The number of aryl methyl sites for hydroxylation is 1. The molecule has 0 unspecified atom stereocenters. The zero-order chi connectivity index (χ0) is 14.0. The molecule has 0 bridgehead atoms. The number of sulfonamides is 1. The Balaban J connectivity index is 2.43. The Morgan fingerprint density at radius 1 is 1.26 bits per heavy atom. The summed E-state index contributed by atoms with van der Waals surface area (Å²) in [6.07, 6.45) is 3.78. The van der Waals surface area contributed by atoms with Crippen LogP contribution in [0, 0.1) is 12.7 Å². The second kappa shape index (κ2) is 4.81. The van der Waals surface area contributed by atoms with Crippen molar-refractivity contribution in [1.29, 1.82) is 0 Å². The summed E-state index contributed by atoms with van der Waals surface area (Å²) in [6, 6.07) is 2.15. The fraction of sp³-hybridized carbons (Fsp3) is 0.0909. The van der Waals surface area contributed by atoms with E-state index < -0.39 is 20.7 Å². The van der Waals surface area contributed by atoms with Crippen LogP contribution in [0.1, 0.15) is 5.56 Å². The predicted octanol–water partition coefficient (Wildman–Crippen LogP) is 1.31. The molecular formula is C11H11FN4O2S. The third-order valence-electron chi connectivity index (χ3n) is 2.42. The van der Waals surface area contributed by atoms with Gasteiger partial charge in [0.1, 0.15) is 17.0 Å². The molecular weight excluding hydrogens is 271 g/mol. The number of hydrogen-bond donors (Lipinski definition) is 2. The summed E-state index contributed by atoms with van der Waals surface area (Å²) in [7, 11) is -4.07. The normalized spacial score (nSPS) is 11.3. The van der Waals surface area contributed by atoms with E-state index in [1.807, 2.05) is 0 Å². The van der Waals surface area contributed by atoms with Crippen molar-refractivity contribution < 1.29 is 12.8 Å². The quantitative estimate of drug-likeness (QED) is 0.827. The molecule has 0 saturated carbocycles. The largest absolute Gasteiger partial charge is 0.398 e. The van der Waals surface area contributed by atoms with Crippen molar-refractivity contribution in [2.45, 2.75) is 11.8 Å². The Morgan fingerprint density at radius 3 is 2.53 bits per heavy atom. The second-order valence-corrected chi connectivity index (χ2v) is 5.52. The van der Waals surface area contributed by atoms with Crippen LogP contribution in [0.15, 0.2) is 35.7 Å². The minimum atomic E-state index is -4.07. The summed E-state index contributed by atoms with van der Waals surface area (Å²) in [6.45, 7) is 1.59. The molecule has 0 aliphatic heterocycles. The van der Waals surface area contributed by atoms with Gasteiger partial charge in [0.15, 0.2) is 0 Å². The van der Waals surface area contributed by atoms with Crippen LogP contribution in [0.5, 0.6) is 0 Å². The Morgan fingerprint density at radius 2 is 1.89 bits per heavy atom. The number of aromatic nitrogens is 2. The lowest BCUT2D eigenvalue weighted by atomic mass is 10.2. The molecule has 1 aromatic heterocycles. The smallest absolute Gasteiger partial charge is 0.264 e. The number of rotatable bonds is 3. The van der Waals surface area contributed by atoms with Crippen molar-refractivity contribution in [2.24, 2.45) is 0 Å². The zero-order valence-corrected chi connectivity index (χ0v) is 10.8. The monoisotopic (exact) mass is 282 g/mol. The average molecular weight is 282 g/mol. The molecule has 3 N–H and O–H groups in total. The number of nitrogen functional groups attached to an aromatic ring is 1. The summed E-state index contributed by atoms with van der Waals surface area (Å²) in [4.78, 5) is 6.81. The van der Waals surface area contributed by atoms with E-state index >= 15 is 0 Å². The van der Waals surface area contributed by atoms with Gasteiger partial charge in [-0.15, -0.1) is 0 Å². The average Bonchev–Trinajstić information content (AvgIpc) is 2.34. The van der Waals surface area contributed by atoms with E-state index in [0.29, 0.717) is 5.56 Å². The van der Waals surface area contributed by atoms with Crippen molar-refractivity contribution in [2.75, 3.05) is 10.5 Å². The minimum absolute atomic E-state index is 0.140. The van der Waals surface area contributed by atoms with Crippen LogP contribution < -0.4 is 10.5 Å². The van der Waals surface area contributed by atoms with E-state index in [1.165, 1.54) is 18.7 Å². The molecule has 0 radical (unpaired) electrons.